The Labute approximate surface area is 154 Å². The monoisotopic (exact) mass is 364 g/mol. The molecule has 0 saturated carbocycles. The van der Waals surface area contributed by atoms with Gasteiger partial charge in [0.15, 0.2) is 5.13 Å². The van der Waals surface area contributed by atoms with Crippen LogP contribution >= 0.6 is 11.3 Å². The van der Waals surface area contributed by atoms with E-state index in [2.05, 4.69) is 20.4 Å². The molecule has 3 heterocycles. The van der Waals surface area contributed by atoms with Gasteiger partial charge in [-0.25, -0.2) is 9.97 Å². The van der Waals surface area contributed by atoms with Crippen LogP contribution in [0.2, 0.25) is 0 Å². The van der Waals surface area contributed by atoms with Crippen LogP contribution < -0.4 is 15.8 Å². The topological polar surface area (TPSA) is 90.9 Å². The summed E-state index contributed by atoms with van der Waals surface area (Å²) in [6, 6.07) is 13.4. The van der Waals surface area contributed by atoms with E-state index in [1.165, 1.54) is 11.3 Å². The van der Waals surface area contributed by atoms with Gasteiger partial charge in [-0.3, -0.25) is 4.68 Å². The minimum atomic E-state index is 0.460. The smallest absolute Gasteiger partial charge is 0.210 e. The molecule has 130 valence electrons. The van der Waals surface area contributed by atoms with Crippen molar-refractivity contribution in [2.75, 3.05) is 11.1 Å². The van der Waals surface area contributed by atoms with Crippen LogP contribution in [0.4, 0.5) is 16.6 Å². The Morgan fingerprint density at radius 1 is 1.19 bits per heavy atom. The molecule has 0 spiro atoms. The van der Waals surface area contributed by atoms with E-state index in [0.29, 0.717) is 21.8 Å². The molecule has 26 heavy (non-hydrogen) atoms. The molecule has 0 aliphatic heterocycles. The third kappa shape index (κ3) is 3.50. The highest BCUT2D eigenvalue weighted by molar-refractivity contribution is 7.17. The molecule has 8 heteroatoms. The Morgan fingerprint density at radius 3 is 2.81 bits per heavy atom. The van der Waals surface area contributed by atoms with E-state index in [1.54, 1.807) is 23.1 Å². The first-order valence-electron chi connectivity index (χ1n) is 7.89. The van der Waals surface area contributed by atoms with Crippen molar-refractivity contribution in [2.45, 2.75) is 0 Å². The Bertz CT molecular complexity index is 1030. The molecule has 0 saturated heterocycles. The molecule has 3 aromatic heterocycles. The first-order chi connectivity index (χ1) is 12.7. The van der Waals surface area contributed by atoms with Gasteiger partial charge in [0.2, 0.25) is 5.06 Å². The fourth-order valence-electron chi connectivity index (χ4n) is 2.45. The molecule has 0 radical (unpaired) electrons. The SMILES string of the molecule is Cn1cc(Nc2cc(Oc3sc(N)nc3-c3ccccc3)ccn2)cn1. The average molecular weight is 364 g/mol. The molecule has 7 nitrogen and oxygen atoms in total. The Balaban J connectivity index is 1.59. The molecule has 0 amide bonds. The Kier molecular flexibility index (Phi) is 4.24. The quantitative estimate of drug-likeness (QED) is 0.555. The number of hydrogen-bond acceptors (Lipinski definition) is 7. The number of aromatic nitrogens is 4. The summed E-state index contributed by atoms with van der Waals surface area (Å²) in [4.78, 5) is 8.71. The van der Waals surface area contributed by atoms with Crippen LogP contribution in [-0.4, -0.2) is 19.7 Å². The zero-order valence-corrected chi connectivity index (χ0v) is 14.8. The van der Waals surface area contributed by atoms with Crippen LogP contribution in [0.5, 0.6) is 10.8 Å². The van der Waals surface area contributed by atoms with E-state index < -0.39 is 0 Å². The summed E-state index contributed by atoms with van der Waals surface area (Å²) < 4.78 is 7.76. The van der Waals surface area contributed by atoms with Crippen molar-refractivity contribution in [1.82, 2.24) is 19.7 Å². The fourth-order valence-corrected chi connectivity index (χ4v) is 3.18. The number of hydrogen-bond donors (Lipinski definition) is 2. The number of nitrogens with zero attached hydrogens (tertiary/aromatic N) is 4. The highest BCUT2D eigenvalue weighted by Gasteiger charge is 2.14. The lowest BCUT2D eigenvalue weighted by molar-refractivity contribution is 0.496. The third-order valence-corrected chi connectivity index (χ3v) is 4.34. The second-order valence-electron chi connectivity index (χ2n) is 5.56. The molecule has 0 bridgehead atoms. The van der Waals surface area contributed by atoms with Gasteiger partial charge in [0.1, 0.15) is 17.3 Å². The predicted octanol–water partition coefficient (Wildman–Crippen LogP) is 4.06. The molecule has 4 rings (SSSR count). The zero-order chi connectivity index (χ0) is 17.9. The number of nitrogen functional groups attached to an aromatic ring is 1. The Morgan fingerprint density at radius 2 is 2.04 bits per heavy atom. The predicted molar refractivity (Wildman–Crippen MR) is 103 cm³/mol. The van der Waals surface area contributed by atoms with Gasteiger partial charge in [-0.05, 0) is 6.07 Å². The molecule has 4 aromatic rings. The maximum atomic E-state index is 6.04. The van der Waals surface area contributed by atoms with Gasteiger partial charge < -0.3 is 15.8 Å². The van der Waals surface area contributed by atoms with E-state index >= 15 is 0 Å². The van der Waals surface area contributed by atoms with Gasteiger partial charge >= 0.3 is 0 Å². The number of anilines is 3. The molecule has 0 fully saturated rings. The molecular weight excluding hydrogens is 348 g/mol. The largest absolute Gasteiger partial charge is 0.444 e. The number of nitrogens with one attached hydrogen (secondary N) is 1. The van der Waals surface area contributed by atoms with Crippen LogP contribution in [0.3, 0.4) is 0 Å². The molecular formula is C18H16N6OS. The van der Waals surface area contributed by atoms with Crippen LogP contribution in [0, 0.1) is 0 Å². The van der Waals surface area contributed by atoms with Gasteiger partial charge in [0, 0.05) is 31.1 Å². The number of benzene rings is 1. The number of aryl methyl sites for hydroxylation is 1. The van der Waals surface area contributed by atoms with E-state index in [1.807, 2.05) is 49.6 Å². The lowest BCUT2D eigenvalue weighted by atomic mass is 10.2. The molecule has 0 atom stereocenters. The minimum Gasteiger partial charge on any atom is -0.444 e. The summed E-state index contributed by atoms with van der Waals surface area (Å²) >= 11 is 1.31. The Hall–Kier alpha value is -3.39. The van der Waals surface area contributed by atoms with Crippen LogP contribution in [-0.2, 0) is 7.05 Å². The lowest BCUT2D eigenvalue weighted by Gasteiger charge is -2.07. The number of rotatable bonds is 5. The zero-order valence-electron chi connectivity index (χ0n) is 14.0. The second-order valence-corrected chi connectivity index (χ2v) is 6.55. The van der Waals surface area contributed by atoms with E-state index in [0.717, 1.165) is 16.9 Å². The number of nitrogens with two attached hydrogens (primary N) is 1. The molecule has 0 aliphatic carbocycles. The standard InChI is InChI=1S/C18H16N6OS/c1-24-11-13(10-21-24)22-15-9-14(7-8-20-15)25-17-16(23-18(19)26-17)12-5-3-2-4-6-12/h2-11H,1H3,(H2,19,23)(H,20,22). The summed E-state index contributed by atoms with van der Waals surface area (Å²) in [6.07, 6.45) is 5.28. The second kappa shape index (κ2) is 6.85. The maximum Gasteiger partial charge on any atom is 0.210 e. The number of thiazole rings is 1. The van der Waals surface area contributed by atoms with Crippen molar-refractivity contribution in [3.63, 3.8) is 0 Å². The van der Waals surface area contributed by atoms with Crippen LogP contribution in [0.15, 0.2) is 61.1 Å². The fraction of sp³-hybridized carbons (Fsp3) is 0.0556. The molecule has 3 N–H and O–H groups in total. The van der Waals surface area contributed by atoms with E-state index in [9.17, 15) is 0 Å². The van der Waals surface area contributed by atoms with E-state index in [-0.39, 0.29) is 0 Å². The van der Waals surface area contributed by atoms with Gasteiger partial charge in [-0.15, -0.1) is 0 Å². The summed E-state index contributed by atoms with van der Waals surface area (Å²) in [5, 5.41) is 8.42. The van der Waals surface area contributed by atoms with Gasteiger partial charge in [0.25, 0.3) is 0 Å². The van der Waals surface area contributed by atoms with Gasteiger partial charge in [-0.1, -0.05) is 41.7 Å². The minimum absolute atomic E-state index is 0.460. The summed E-state index contributed by atoms with van der Waals surface area (Å²) in [7, 11) is 1.86. The highest BCUT2D eigenvalue weighted by Crippen LogP contribution is 2.39. The highest BCUT2D eigenvalue weighted by atomic mass is 32.1. The average Bonchev–Trinajstić information content (AvgIpc) is 3.21. The molecule has 0 unspecified atom stereocenters. The van der Waals surface area contributed by atoms with Crippen molar-refractivity contribution >= 4 is 28.0 Å². The normalized spacial score (nSPS) is 10.7. The number of ether oxygens (including phenoxy) is 1. The lowest BCUT2D eigenvalue weighted by Crippen LogP contribution is -1.93. The summed E-state index contributed by atoms with van der Waals surface area (Å²) in [5.74, 6) is 1.31. The van der Waals surface area contributed by atoms with Gasteiger partial charge in [0.05, 0.1) is 11.9 Å². The van der Waals surface area contributed by atoms with Crippen LogP contribution in [0.25, 0.3) is 11.3 Å². The van der Waals surface area contributed by atoms with Crippen molar-refractivity contribution in [3.05, 3.63) is 61.1 Å². The van der Waals surface area contributed by atoms with E-state index in [4.69, 9.17) is 10.5 Å². The van der Waals surface area contributed by atoms with Crippen molar-refractivity contribution in [1.29, 1.82) is 0 Å². The molecule has 1 aromatic carbocycles. The van der Waals surface area contributed by atoms with Crippen molar-refractivity contribution in [3.8, 4) is 22.1 Å². The van der Waals surface area contributed by atoms with Gasteiger partial charge in [-0.2, -0.15) is 5.10 Å². The summed E-state index contributed by atoms with van der Waals surface area (Å²) in [5.41, 5.74) is 8.43. The third-order valence-electron chi connectivity index (χ3n) is 3.58. The maximum absolute atomic E-state index is 6.04. The van der Waals surface area contributed by atoms with Crippen molar-refractivity contribution < 1.29 is 4.74 Å². The van der Waals surface area contributed by atoms with Crippen LogP contribution in [0.1, 0.15) is 0 Å². The summed E-state index contributed by atoms with van der Waals surface area (Å²) in [6.45, 7) is 0. The first-order valence-corrected chi connectivity index (χ1v) is 8.70. The van der Waals surface area contributed by atoms with Crippen molar-refractivity contribution in [2.24, 2.45) is 7.05 Å². The number of pyridine rings is 1. The molecule has 0 aliphatic rings. The first kappa shape index (κ1) is 16.1.